The summed E-state index contributed by atoms with van der Waals surface area (Å²) in [5, 5.41) is 11.1. The van der Waals surface area contributed by atoms with E-state index in [0.29, 0.717) is 17.7 Å². The third kappa shape index (κ3) is 2.50. The van der Waals surface area contributed by atoms with Gasteiger partial charge in [0.1, 0.15) is 6.04 Å². The highest BCUT2D eigenvalue weighted by molar-refractivity contribution is 6.11. The molecule has 24 heavy (non-hydrogen) atoms. The summed E-state index contributed by atoms with van der Waals surface area (Å²) in [4.78, 5) is 36.6. The molecular weight excluding hydrogens is 310 g/mol. The molecule has 1 heterocycles. The maximum Gasteiger partial charge on any atom is 0.273 e. The first-order valence-corrected chi connectivity index (χ1v) is 7.36. The lowest BCUT2D eigenvalue weighted by molar-refractivity contribution is -0.385. The van der Waals surface area contributed by atoms with Gasteiger partial charge < -0.3 is 5.73 Å². The van der Waals surface area contributed by atoms with Crippen LogP contribution in [0.25, 0.3) is 0 Å². The number of nitro benzene ring substituents is 1. The smallest absolute Gasteiger partial charge is 0.273 e. The van der Waals surface area contributed by atoms with E-state index >= 15 is 0 Å². The molecule has 1 unspecified atom stereocenters. The zero-order valence-electron chi connectivity index (χ0n) is 12.9. The average Bonchev–Trinajstić information content (AvgIpc) is 2.94. The summed E-state index contributed by atoms with van der Waals surface area (Å²) in [7, 11) is 0. The second-order valence-electron chi connectivity index (χ2n) is 5.68. The Bertz CT molecular complexity index is 863. The highest BCUT2D eigenvalue weighted by atomic mass is 16.6. The van der Waals surface area contributed by atoms with Gasteiger partial charge in [-0.25, -0.2) is 0 Å². The van der Waals surface area contributed by atoms with Gasteiger partial charge in [-0.1, -0.05) is 24.3 Å². The first-order chi connectivity index (χ1) is 11.4. The van der Waals surface area contributed by atoms with E-state index in [-0.39, 0.29) is 11.3 Å². The third-order valence-corrected chi connectivity index (χ3v) is 4.18. The van der Waals surface area contributed by atoms with E-state index < -0.39 is 22.8 Å². The number of hydrogen-bond donors (Lipinski definition) is 1. The molecule has 0 aliphatic carbocycles. The van der Waals surface area contributed by atoms with Crippen molar-refractivity contribution in [2.75, 3.05) is 4.90 Å². The molecule has 1 aliphatic heterocycles. The number of nitrogens with two attached hydrogens (primary N) is 1. The van der Waals surface area contributed by atoms with Crippen LogP contribution in [0.2, 0.25) is 0 Å². The van der Waals surface area contributed by atoms with Crippen molar-refractivity contribution < 1.29 is 14.5 Å². The summed E-state index contributed by atoms with van der Waals surface area (Å²) in [6.07, 6.45) is 0.338. The Morgan fingerprint density at radius 3 is 2.62 bits per heavy atom. The first kappa shape index (κ1) is 15.7. The lowest BCUT2D eigenvalue weighted by Gasteiger charge is -2.23. The average molecular weight is 325 g/mol. The quantitative estimate of drug-likeness (QED) is 0.687. The molecule has 2 amide bonds. The van der Waals surface area contributed by atoms with E-state index in [9.17, 15) is 19.7 Å². The number of para-hydroxylation sites is 1. The number of amides is 2. The van der Waals surface area contributed by atoms with Crippen molar-refractivity contribution >= 4 is 23.2 Å². The van der Waals surface area contributed by atoms with Crippen molar-refractivity contribution in [3.05, 3.63) is 69.3 Å². The van der Waals surface area contributed by atoms with E-state index in [2.05, 4.69) is 0 Å². The molecule has 7 nitrogen and oxygen atoms in total. The molecule has 0 saturated heterocycles. The normalized spacial score (nSPS) is 15.9. The van der Waals surface area contributed by atoms with E-state index in [1.807, 2.05) is 12.1 Å². The van der Waals surface area contributed by atoms with Crippen LogP contribution in [0.1, 0.15) is 21.5 Å². The molecule has 1 atom stereocenters. The van der Waals surface area contributed by atoms with E-state index in [1.54, 1.807) is 19.1 Å². The summed E-state index contributed by atoms with van der Waals surface area (Å²) in [5.74, 6) is -1.09. The second kappa shape index (κ2) is 5.77. The highest BCUT2D eigenvalue weighted by Crippen LogP contribution is 2.33. The Morgan fingerprint density at radius 2 is 1.96 bits per heavy atom. The van der Waals surface area contributed by atoms with Gasteiger partial charge in [-0.2, -0.15) is 0 Å². The third-order valence-electron chi connectivity index (χ3n) is 4.18. The molecule has 0 aromatic heterocycles. The standard InChI is InChI=1S/C17H15N3O4/c1-10-6-7-12(9-14(10)20(23)24)17(22)19-13-5-3-2-4-11(13)8-15(19)16(18)21/h2-7,9,15H,8H2,1H3,(H2,18,21). The number of carbonyl (C=O) groups excluding carboxylic acids is 2. The minimum atomic E-state index is -0.796. The first-order valence-electron chi connectivity index (χ1n) is 7.36. The van der Waals surface area contributed by atoms with Crippen molar-refractivity contribution in [3.63, 3.8) is 0 Å². The van der Waals surface area contributed by atoms with E-state index in [1.165, 1.54) is 23.1 Å². The SMILES string of the molecule is Cc1ccc(C(=O)N2c3ccccc3CC2C(N)=O)cc1[N+](=O)[O-]. The number of nitrogens with zero attached hydrogens (tertiary/aromatic N) is 2. The van der Waals surface area contributed by atoms with Gasteiger partial charge >= 0.3 is 0 Å². The molecule has 2 aromatic rings. The van der Waals surface area contributed by atoms with Gasteiger partial charge in [0.25, 0.3) is 11.6 Å². The Kier molecular flexibility index (Phi) is 3.76. The molecule has 0 radical (unpaired) electrons. The van der Waals surface area contributed by atoms with Gasteiger partial charge in [0.2, 0.25) is 5.91 Å². The predicted octanol–water partition coefficient (Wildman–Crippen LogP) is 1.96. The summed E-state index contributed by atoms with van der Waals surface area (Å²) in [5.41, 5.74) is 7.37. The number of aryl methyl sites for hydroxylation is 1. The van der Waals surface area contributed by atoms with Crippen LogP contribution < -0.4 is 10.6 Å². The van der Waals surface area contributed by atoms with E-state index in [0.717, 1.165) is 5.56 Å². The Hall–Kier alpha value is -3.22. The molecule has 122 valence electrons. The summed E-state index contributed by atoms with van der Waals surface area (Å²) in [6, 6.07) is 10.6. The Balaban J connectivity index is 2.06. The van der Waals surface area contributed by atoms with Crippen LogP contribution in [0.3, 0.4) is 0 Å². The highest BCUT2D eigenvalue weighted by Gasteiger charge is 2.37. The number of hydrogen-bond acceptors (Lipinski definition) is 4. The van der Waals surface area contributed by atoms with Crippen molar-refractivity contribution in [2.45, 2.75) is 19.4 Å². The molecule has 7 heteroatoms. The fraction of sp³-hybridized carbons (Fsp3) is 0.176. The number of benzene rings is 2. The molecule has 0 spiro atoms. The van der Waals surface area contributed by atoms with Gasteiger partial charge in [-0.05, 0) is 24.6 Å². The lowest BCUT2D eigenvalue weighted by Crippen LogP contribution is -2.46. The van der Waals surface area contributed by atoms with Crippen molar-refractivity contribution in [3.8, 4) is 0 Å². The van der Waals surface area contributed by atoms with E-state index in [4.69, 9.17) is 5.73 Å². The number of carbonyl (C=O) groups is 2. The number of primary amides is 1. The van der Waals surface area contributed by atoms with Crippen LogP contribution in [0, 0.1) is 17.0 Å². The minimum Gasteiger partial charge on any atom is -0.368 e. The predicted molar refractivity (Wildman–Crippen MR) is 87.8 cm³/mol. The molecule has 0 fully saturated rings. The fourth-order valence-electron chi connectivity index (χ4n) is 2.94. The topological polar surface area (TPSA) is 107 Å². The molecule has 0 saturated carbocycles. The number of rotatable bonds is 3. The van der Waals surface area contributed by atoms with Crippen molar-refractivity contribution in [2.24, 2.45) is 5.73 Å². The van der Waals surface area contributed by atoms with Crippen LogP contribution in [0.5, 0.6) is 0 Å². The Morgan fingerprint density at radius 1 is 1.25 bits per heavy atom. The van der Waals surface area contributed by atoms with Gasteiger partial charge in [0, 0.05) is 29.3 Å². The van der Waals surface area contributed by atoms with Crippen LogP contribution >= 0.6 is 0 Å². The summed E-state index contributed by atoms with van der Waals surface area (Å²) < 4.78 is 0. The number of nitro groups is 1. The summed E-state index contributed by atoms with van der Waals surface area (Å²) in [6.45, 7) is 1.60. The number of fused-ring (bicyclic) bond motifs is 1. The lowest BCUT2D eigenvalue weighted by atomic mass is 10.1. The van der Waals surface area contributed by atoms with Gasteiger partial charge in [-0.3, -0.25) is 24.6 Å². The molecule has 0 bridgehead atoms. The van der Waals surface area contributed by atoms with Gasteiger partial charge in [0.05, 0.1) is 4.92 Å². The molecule has 3 rings (SSSR count). The zero-order chi connectivity index (χ0) is 17.4. The monoisotopic (exact) mass is 325 g/mol. The fourth-order valence-corrected chi connectivity index (χ4v) is 2.94. The molecular formula is C17H15N3O4. The maximum absolute atomic E-state index is 12.9. The number of anilines is 1. The van der Waals surface area contributed by atoms with Crippen LogP contribution in [-0.4, -0.2) is 22.8 Å². The molecule has 2 N–H and O–H groups in total. The maximum atomic E-state index is 12.9. The molecule has 2 aromatic carbocycles. The minimum absolute atomic E-state index is 0.135. The van der Waals surface area contributed by atoms with Crippen molar-refractivity contribution in [1.82, 2.24) is 0 Å². The van der Waals surface area contributed by atoms with Crippen LogP contribution in [0.15, 0.2) is 42.5 Å². The zero-order valence-corrected chi connectivity index (χ0v) is 12.9. The van der Waals surface area contributed by atoms with Crippen LogP contribution in [0.4, 0.5) is 11.4 Å². The Labute approximate surface area is 137 Å². The second-order valence-corrected chi connectivity index (χ2v) is 5.68. The van der Waals surface area contributed by atoms with Crippen molar-refractivity contribution in [1.29, 1.82) is 0 Å². The molecule has 1 aliphatic rings. The largest absolute Gasteiger partial charge is 0.368 e. The van der Waals surface area contributed by atoms with Gasteiger partial charge in [0.15, 0.2) is 0 Å². The summed E-state index contributed by atoms with van der Waals surface area (Å²) >= 11 is 0. The van der Waals surface area contributed by atoms with Crippen LogP contribution in [-0.2, 0) is 11.2 Å². The van der Waals surface area contributed by atoms with Gasteiger partial charge in [-0.15, -0.1) is 0 Å².